The Morgan fingerprint density at radius 1 is 1.41 bits per heavy atom. The molecular weight excluding hydrogens is 270 g/mol. The van der Waals surface area contributed by atoms with Gasteiger partial charge in [0.15, 0.2) is 0 Å². The van der Waals surface area contributed by atoms with Crippen LogP contribution in [0.5, 0.6) is 0 Å². The van der Waals surface area contributed by atoms with Gasteiger partial charge in [-0.3, -0.25) is 14.5 Å². The highest BCUT2D eigenvalue weighted by Crippen LogP contribution is 2.23. The molecule has 2 heterocycles. The monoisotopic (exact) mass is 279 g/mol. The lowest BCUT2D eigenvalue weighted by atomic mass is 10.4. The summed E-state index contributed by atoms with van der Waals surface area (Å²) in [4.78, 5) is 29.1. The van der Waals surface area contributed by atoms with E-state index in [0.717, 1.165) is 0 Å². The molecule has 1 atom stereocenters. The van der Waals surface area contributed by atoms with Crippen LogP contribution in [0.3, 0.4) is 0 Å². The van der Waals surface area contributed by atoms with E-state index < -0.39 is 14.3 Å². The standard InChI is InChI=1S/C8H10ClN3O4S/c1-11-4-6(13)10-8(11)12-3-5(2-7(12)14)17(9,15)16/h5H,2-4H2,1H3. The minimum Gasteiger partial charge on any atom is -0.336 e. The number of likely N-dealkylation sites (N-methyl/N-ethyl adjacent to an activating group) is 1. The number of halogens is 1. The average Bonchev–Trinajstić information content (AvgIpc) is 2.68. The van der Waals surface area contributed by atoms with Gasteiger partial charge in [0.2, 0.25) is 20.9 Å². The largest absolute Gasteiger partial charge is 0.336 e. The molecule has 0 aromatic heterocycles. The second-order valence-electron chi connectivity index (χ2n) is 3.97. The van der Waals surface area contributed by atoms with Crippen LogP contribution in [0.1, 0.15) is 6.42 Å². The molecule has 0 aliphatic carbocycles. The van der Waals surface area contributed by atoms with E-state index >= 15 is 0 Å². The molecule has 7 nitrogen and oxygen atoms in total. The van der Waals surface area contributed by atoms with Crippen LogP contribution in [0.4, 0.5) is 0 Å². The first-order chi connectivity index (χ1) is 7.79. The Labute approximate surface area is 102 Å². The van der Waals surface area contributed by atoms with Crippen LogP contribution in [0, 0.1) is 0 Å². The lowest BCUT2D eigenvalue weighted by molar-refractivity contribution is -0.124. The van der Waals surface area contributed by atoms with Crippen LogP contribution < -0.4 is 0 Å². The molecule has 9 heteroatoms. The number of guanidine groups is 1. The van der Waals surface area contributed by atoms with Gasteiger partial charge >= 0.3 is 0 Å². The van der Waals surface area contributed by atoms with Gasteiger partial charge in [0.1, 0.15) is 11.8 Å². The maximum Gasteiger partial charge on any atom is 0.268 e. The fraction of sp³-hybridized carbons (Fsp3) is 0.625. The molecule has 2 aliphatic rings. The Balaban J connectivity index is 2.23. The molecule has 0 N–H and O–H groups in total. The van der Waals surface area contributed by atoms with Gasteiger partial charge in [-0.1, -0.05) is 0 Å². The van der Waals surface area contributed by atoms with Crippen molar-refractivity contribution >= 4 is 37.5 Å². The van der Waals surface area contributed by atoms with Crippen LogP contribution in [0.25, 0.3) is 0 Å². The van der Waals surface area contributed by atoms with Crippen LogP contribution in [0.2, 0.25) is 0 Å². The lowest BCUT2D eigenvalue weighted by Crippen LogP contribution is -2.41. The smallest absolute Gasteiger partial charge is 0.268 e. The summed E-state index contributed by atoms with van der Waals surface area (Å²) in [6.45, 7) is 0.0402. The molecule has 0 aromatic rings. The van der Waals surface area contributed by atoms with Crippen molar-refractivity contribution in [3.63, 3.8) is 0 Å². The molecule has 2 amide bonds. The molecule has 0 saturated carbocycles. The molecule has 0 radical (unpaired) electrons. The Morgan fingerprint density at radius 3 is 2.47 bits per heavy atom. The number of rotatable bonds is 1. The zero-order valence-corrected chi connectivity index (χ0v) is 10.5. The Morgan fingerprint density at radius 2 is 2.06 bits per heavy atom. The van der Waals surface area contributed by atoms with Crippen molar-refractivity contribution in [3.05, 3.63) is 0 Å². The normalized spacial score (nSPS) is 25.8. The SMILES string of the molecule is CN1CC(=O)N=C1N1CC(S(=O)(=O)Cl)CC1=O. The van der Waals surface area contributed by atoms with Crippen LogP contribution >= 0.6 is 10.7 Å². The van der Waals surface area contributed by atoms with Gasteiger partial charge in [-0.25, -0.2) is 8.42 Å². The summed E-state index contributed by atoms with van der Waals surface area (Å²) in [6, 6.07) is 0. The van der Waals surface area contributed by atoms with E-state index in [1.807, 2.05) is 0 Å². The molecule has 17 heavy (non-hydrogen) atoms. The van der Waals surface area contributed by atoms with Crippen molar-refractivity contribution in [1.82, 2.24) is 9.80 Å². The van der Waals surface area contributed by atoms with E-state index in [2.05, 4.69) is 4.99 Å². The first kappa shape index (κ1) is 12.3. The molecule has 1 unspecified atom stereocenters. The molecular formula is C8H10ClN3O4S. The number of nitrogens with zero attached hydrogens (tertiary/aromatic N) is 3. The highest BCUT2D eigenvalue weighted by molar-refractivity contribution is 8.14. The number of carbonyl (C=O) groups excluding carboxylic acids is 2. The maximum absolute atomic E-state index is 11.7. The van der Waals surface area contributed by atoms with E-state index in [1.54, 1.807) is 7.05 Å². The fourth-order valence-electron chi connectivity index (χ4n) is 1.83. The minimum absolute atomic E-state index is 0.0544. The second-order valence-corrected chi connectivity index (χ2v) is 6.88. The van der Waals surface area contributed by atoms with Gasteiger partial charge < -0.3 is 4.90 Å². The van der Waals surface area contributed by atoms with Gasteiger partial charge in [-0.2, -0.15) is 4.99 Å². The highest BCUT2D eigenvalue weighted by atomic mass is 35.7. The summed E-state index contributed by atoms with van der Waals surface area (Å²) < 4.78 is 22.3. The molecule has 2 aliphatic heterocycles. The van der Waals surface area contributed by atoms with Crippen molar-refractivity contribution < 1.29 is 18.0 Å². The number of hydrogen-bond donors (Lipinski definition) is 0. The number of hydrogen-bond acceptors (Lipinski definition) is 5. The van der Waals surface area contributed by atoms with E-state index in [0.29, 0.717) is 0 Å². The maximum atomic E-state index is 11.7. The Bertz CT molecular complexity index is 515. The van der Waals surface area contributed by atoms with Gasteiger partial charge in [0.25, 0.3) is 5.91 Å². The van der Waals surface area contributed by atoms with Crippen molar-refractivity contribution in [2.45, 2.75) is 11.7 Å². The van der Waals surface area contributed by atoms with Crippen LogP contribution in [0.15, 0.2) is 4.99 Å². The van der Waals surface area contributed by atoms with Crippen LogP contribution in [-0.2, 0) is 18.6 Å². The quantitative estimate of drug-likeness (QED) is 0.574. The predicted molar refractivity (Wildman–Crippen MR) is 60.0 cm³/mol. The topological polar surface area (TPSA) is 87.1 Å². The van der Waals surface area contributed by atoms with Crippen molar-refractivity contribution in [2.75, 3.05) is 20.1 Å². The molecule has 1 fully saturated rings. The van der Waals surface area contributed by atoms with Crippen molar-refractivity contribution in [2.24, 2.45) is 4.99 Å². The number of likely N-dealkylation sites (tertiary alicyclic amines) is 1. The third-order valence-corrected chi connectivity index (χ3v) is 4.54. The zero-order valence-electron chi connectivity index (χ0n) is 8.96. The molecule has 0 spiro atoms. The number of carbonyl (C=O) groups is 2. The lowest BCUT2D eigenvalue weighted by Gasteiger charge is -2.21. The Kier molecular flexibility index (Phi) is 2.86. The first-order valence-electron chi connectivity index (χ1n) is 4.85. The van der Waals surface area contributed by atoms with Gasteiger partial charge in [0.05, 0.1) is 0 Å². The minimum atomic E-state index is -3.78. The summed E-state index contributed by atoms with van der Waals surface area (Å²) in [5, 5.41) is -0.941. The Hall–Kier alpha value is -1.15. The first-order valence-corrected chi connectivity index (χ1v) is 7.23. The summed E-state index contributed by atoms with van der Waals surface area (Å²) >= 11 is 0. The fourth-order valence-corrected chi connectivity index (χ4v) is 2.86. The number of amides is 2. The van der Waals surface area contributed by atoms with E-state index in [-0.39, 0.29) is 37.3 Å². The third-order valence-electron chi connectivity index (χ3n) is 2.67. The van der Waals surface area contributed by atoms with E-state index in [9.17, 15) is 18.0 Å². The van der Waals surface area contributed by atoms with Crippen molar-refractivity contribution in [1.29, 1.82) is 0 Å². The molecule has 2 rings (SSSR count). The number of aliphatic imine (C=N–C) groups is 1. The summed E-state index contributed by atoms with van der Waals surface area (Å²) in [5.41, 5.74) is 0. The summed E-state index contributed by atoms with van der Waals surface area (Å²) in [7, 11) is 3.05. The predicted octanol–water partition coefficient (Wildman–Crippen LogP) is -1.02. The molecule has 0 bridgehead atoms. The zero-order chi connectivity index (χ0) is 12.8. The second kappa shape index (κ2) is 3.95. The van der Waals surface area contributed by atoms with Crippen molar-refractivity contribution in [3.8, 4) is 0 Å². The van der Waals surface area contributed by atoms with Gasteiger partial charge in [0, 0.05) is 30.7 Å². The van der Waals surface area contributed by atoms with Crippen LogP contribution in [-0.4, -0.2) is 61.4 Å². The highest BCUT2D eigenvalue weighted by Gasteiger charge is 2.41. The molecule has 94 valence electrons. The van der Waals surface area contributed by atoms with E-state index in [1.165, 1.54) is 9.80 Å². The van der Waals surface area contributed by atoms with Gasteiger partial charge in [-0.15, -0.1) is 0 Å². The summed E-state index contributed by atoms with van der Waals surface area (Å²) in [5.74, 6) is -0.546. The third kappa shape index (κ3) is 2.27. The average molecular weight is 280 g/mol. The molecule has 1 saturated heterocycles. The molecule has 0 aromatic carbocycles. The van der Waals surface area contributed by atoms with Gasteiger partial charge in [-0.05, 0) is 0 Å². The van der Waals surface area contributed by atoms with E-state index in [4.69, 9.17) is 10.7 Å². The summed E-state index contributed by atoms with van der Waals surface area (Å²) in [6.07, 6.45) is -0.174.